The maximum absolute atomic E-state index is 12.6. The van der Waals surface area contributed by atoms with Crippen LogP contribution in [0.4, 0.5) is 0 Å². The lowest BCUT2D eigenvalue weighted by Gasteiger charge is -2.33. The standard InChI is InChI=1S/C48H42N3O18P3/c1-58-43(52)31-7-19-37(20-8-31)64-70(65-38-21-9-32(10-22-38)44(53)59-2)49-71(66-39-23-11-33(12-24-39)45(54)60-3,67-40-25-13-34(14-26-40)46(55)61-4)51-72(50-70,68-41-27-15-35(16-28-41)47(56)62-5)69-42-29-17-36(18-30-42)48(57)63-6/h7-30H,1-6H3. The highest BCUT2D eigenvalue weighted by molar-refractivity contribution is 7.79. The van der Waals surface area contributed by atoms with Crippen LogP contribution >= 0.6 is 23.0 Å². The van der Waals surface area contributed by atoms with Crippen LogP contribution in [-0.4, -0.2) is 78.5 Å². The van der Waals surface area contributed by atoms with E-state index in [-0.39, 0.29) is 67.9 Å². The van der Waals surface area contributed by atoms with Gasteiger partial charge in [0.1, 0.15) is 34.5 Å². The SMILES string of the molecule is COC(=O)c1ccc(OP2(Oc3ccc(C(=O)OC)cc3)=NP(Oc3ccc(C(=O)OC)cc3)(Oc3ccc(C(=O)OC)cc3)=NP(Oc3ccc(C(=O)OC)cc3)(Oc3ccc(C(=O)OC)cc3)=N2)cc1. The molecule has 0 amide bonds. The quantitative estimate of drug-likeness (QED) is 0.0441. The second-order valence-corrected chi connectivity index (χ2v) is 20.6. The van der Waals surface area contributed by atoms with Gasteiger partial charge in [0.15, 0.2) is 0 Å². The Kier molecular flexibility index (Phi) is 16.1. The second kappa shape index (κ2) is 22.6. The van der Waals surface area contributed by atoms with E-state index in [0.717, 1.165) is 0 Å². The molecular weight excluding hydrogens is 999 g/mol. The lowest BCUT2D eigenvalue weighted by molar-refractivity contribution is 0.0592. The van der Waals surface area contributed by atoms with Gasteiger partial charge in [0.2, 0.25) is 0 Å². The van der Waals surface area contributed by atoms with Crippen molar-refractivity contribution in [2.24, 2.45) is 13.5 Å². The first kappa shape index (κ1) is 51.5. The largest absolute Gasteiger partial charge is 0.465 e. The molecule has 0 aromatic heterocycles. The molecule has 1 heterocycles. The third-order valence-electron chi connectivity index (χ3n) is 9.68. The predicted molar refractivity (Wildman–Crippen MR) is 259 cm³/mol. The minimum atomic E-state index is -4.61. The maximum Gasteiger partial charge on any atom is 0.460 e. The highest BCUT2D eigenvalue weighted by atomic mass is 31.3. The van der Waals surface area contributed by atoms with Crippen LogP contribution in [0.5, 0.6) is 34.5 Å². The molecule has 1 aliphatic rings. The van der Waals surface area contributed by atoms with Crippen molar-refractivity contribution >= 4 is 58.8 Å². The number of esters is 6. The first-order valence-electron chi connectivity index (χ1n) is 20.8. The summed E-state index contributed by atoms with van der Waals surface area (Å²) in [4.78, 5) is 75.4. The molecule has 0 spiro atoms. The fourth-order valence-corrected chi connectivity index (χ4v) is 15.3. The van der Waals surface area contributed by atoms with E-state index in [4.69, 9.17) is 69.1 Å². The molecule has 0 saturated heterocycles. The van der Waals surface area contributed by atoms with Gasteiger partial charge in [-0.25, -0.2) is 28.8 Å². The van der Waals surface area contributed by atoms with Crippen LogP contribution in [0.25, 0.3) is 0 Å². The number of rotatable bonds is 18. The van der Waals surface area contributed by atoms with Crippen molar-refractivity contribution < 1.29 is 84.3 Å². The Balaban J connectivity index is 1.58. The minimum absolute atomic E-state index is 0.0162. The molecule has 0 radical (unpaired) electrons. The predicted octanol–water partition coefficient (Wildman–Crippen LogP) is 11.0. The normalized spacial score (nSPS) is 13.6. The monoisotopic (exact) mass is 1040 g/mol. The summed E-state index contributed by atoms with van der Waals surface area (Å²) in [6, 6.07) is 34.1. The highest BCUT2D eigenvalue weighted by Gasteiger charge is 2.49. The summed E-state index contributed by atoms with van der Waals surface area (Å²) < 4.78 is 85.3. The summed E-state index contributed by atoms with van der Waals surface area (Å²) >= 11 is 0. The Bertz CT molecular complexity index is 2610. The summed E-state index contributed by atoms with van der Waals surface area (Å²) in [5.41, 5.74) is 0.932. The van der Waals surface area contributed by atoms with Crippen LogP contribution < -0.4 is 27.1 Å². The average Bonchev–Trinajstić information content (AvgIpc) is 3.40. The van der Waals surface area contributed by atoms with Gasteiger partial charge in [-0.1, -0.05) is 13.5 Å². The minimum Gasteiger partial charge on any atom is -0.465 e. The number of carbonyl (C=O) groups is 6. The van der Waals surface area contributed by atoms with E-state index < -0.39 is 58.8 Å². The third kappa shape index (κ3) is 12.3. The molecule has 0 N–H and O–H groups in total. The summed E-state index contributed by atoms with van der Waals surface area (Å²) in [6.45, 7) is 0. The topological polar surface area (TPSA) is 250 Å². The molecule has 21 nitrogen and oxygen atoms in total. The molecule has 0 aliphatic carbocycles. The number of carbonyl (C=O) groups excluding carboxylic acids is 6. The van der Waals surface area contributed by atoms with Gasteiger partial charge in [0.05, 0.1) is 76.0 Å². The number of nitrogens with zero attached hydrogens (tertiary/aromatic N) is 3. The van der Waals surface area contributed by atoms with E-state index in [1.807, 2.05) is 0 Å². The van der Waals surface area contributed by atoms with Gasteiger partial charge in [-0.15, -0.1) is 0 Å². The van der Waals surface area contributed by atoms with Gasteiger partial charge in [-0.2, -0.15) is 0 Å². The Morgan fingerprint density at radius 2 is 0.375 bits per heavy atom. The van der Waals surface area contributed by atoms with Gasteiger partial charge in [0, 0.05) is 0 Å². The lowest BCUT2D eigenvalue weighted by Crippen LogP contribution is -2.12. The first-order valence-corrected chi connectivity index (χ1v) is 25.4. The van der Waals surface area contributed by atoms with Crippen LogP contribution in [0.15, 0.2) is 159 Å². The molecule has 6 aromatic rings. The fraction of sp³-hybridized carbons (Fsp3) is 0.125. The van der Waals surface area contributed by atoms with Crippen molar-refractivity contribution in [2.45, 2.75) is 0 Å². The zero-order valence-electron chi connectivity index (χ0n) is 38.9. The molecule has 1 aliphatic heterocycles. The van der Waals surface area contributed by atoms with Crippen molar-refractivity contribution in [3.8, 4) is 34.5 Å². The van der Waals surface area contributed by atoms with Crippen LogP contribution in [0.2, 0.25) is 0 Å². The van der Waals surface area contributed by atoms with Crippen molar-refractivity contribution in [1.82, 2.24) is 0 Å². The van der Waals surface area contributed by atoms with E-state index in [2.05, 4.69) is 0 Å². The number of ether oxygens (including phenoxy) is 6. The summed E-state index contributed by atoms with van der Waals surface area (Å²) in [6.07, 6.45) is 0. The molecule has 0 unspecified atom stereocenters. The van der Waals surface area contributed by atoms with E-state index in [9.17, 15) is 28.8 Å². The molecule has 72 heavy (non-hydrogen) atoms. The zero-order chi connectivity index (χ0) is 51.5. The molecule has 0 fully saturated rings. The van der Waals surface area contributed by atoms with Crippen LogP contribution in [0.3, 0.4) is 0 Å². The third-order valence-corrected chi connectivity index (χ3v) is 17.8. The molecule has 7 rings (SSSR count). The summed E-state index contributed by atoms with van der Waals surface area (Å²) in [5.74, 6) is -3.79. The first-order chi connectivity index (χ1) is 34.6. The number of hydrogen-bond donors (Lipinski definition) is 0. The number of hydrogen-bond acceptors (Lipinski definition) is 21. The number of benzene rings is 6. The van der Waals surface area contributed by atoms with Gasteiger partial charge in [0.25, 0.3) is 0 Å². The van der Waals surface area contributed by atoms with Crippen molar-refractivity contribution in [1.29, 1.82) is 0 Å². The summed E-state index contributed by atoms with van der Waals surface area (Å²) in [7, 11) is -6.50. The molecule has 0 bridgehead atoms. The fourth-order valence-electron chi connectivity index (χ4n) is 6.20. The zero-order valence-corrected chi connectivity index (χ0v) is 41.6. The molecule has 372 valence electrons. The van der Waals surface area contributed by atoms with E-state index in [0.29, 0.717) is 0 Å². The molecule has 24 heteroatoms. The van der Waals surface area contributed by atoms with Crippen LogP contribution in [0, 0.1) is 0 Å². The van der Waals surface area contributed by atoms with Gasteiger partial charge in [-0.3, -0.25) is 0 Å². The molecule has 6 aromatic carbocycles. The van der Waals surface area contributed by atoms with E-state index in [1.165, 1.54) is 188 Å². The Morgan fingerprint density at radius 3 is 0.486 bits per heavy atom. The second-order valence-electron chi connectivity index (χ2n) is 14.4. The van der Waals surface area contributed by atoms with Gasteiger partial charge >= 0.3 is 58.8 Å². The molecular formula is C48H42N3O18P3. The van der Waals surface area contributed by atoms with Crippen molar-refractivity contribution in [2.75, 3.05) is 42.7 Å². The van der Waals surface area contributed by atoms with Gasteiger partial charge in [-0.05, 0) is 146 Å². The van der Waals surface area contributed by atoms with Crippen molar-refractivity contribution in [3.05, 3.63) is 179 Å². The van der Waals surface area contributed by atoms with Gasteiger partial charge < -0.3 is 55.6 Å². The highest BCUT2D eigenvalue weighted by Crippen LogP contribution is 2.78. The van der Waals surface area contributed by atoms with Crippen LogP contribution in [-0.2, 0) is 28.4 Å². The summed E-state index contributed by atoms with van der Waals surface area (Å²) in [5, 5.41) is 0. The Labute approximate surface area is 411 Å². The van der Waals surface area contributed by atoms with E-state index in [1.54, 1.807) is 0 Å². The smallest absolute Gasteiger partial charge is 0.460 e. The average molecular weight is 1040 g/mol. The Morgan fingerprint density at radius 1 is 0.250 bits per heavy atom. The lowest BCUT2D eigenvalue weighted by atomic mass is 10.2. The Hall–Kier alpha value is -8.37. The number of methoxy groups -OCH3 is 6. The van der Waals surface area contributed by atoms with Crippen LogP contribution in [0.1, 0.15) is 62.1 Å². The maximum atomic E-state index is 12.6. The molecule has 0 saturated carbocycles. The van der Waals surface area contributed by atoms with Crippen molar-refractivity contribution in [3.63, 3.8) is 0 Å². The van der Waals surface area contributed by atoms with E-state index >= 15 is 0 Å². The molecule has 0 atom stereocenters.